The summed E-state index contributed by atoms with van der Waals surface area (Å²) in [4.78, 5) is 12.9. The van der Waals surface area contributed by atoms with E-state index in [-0.39, 0.29) is 0 Å². The second-order valence-electron chi connectivity index (χ2n) is 5.33. The van der Waals surface area contributed by atoms with Gasteiger partial charge in [0.1, 0.15) is 6.04 Å². The molecule has 5 nitrogen and oxygen atoms in total. The highest BCUT2D eigenvalue weighted by Gasteiger charge is 2.20. The van der Waals surface area contributed by atoms with Crippen LogP contribution in [0.15, 0.2) is 30.3 Å². The van der Waals surface area contributed by atoms with Gasteiger partial charge in [-0.2, -0.15) is 5.10 Å². The van der Waals surface area contributed by atoms with Gasteiger partial charge < -0.3 is 5.11 Å². The molecule has 1 atom stereocenters. The van der Waals surface area contributed by atoms with Crippen LogP contribution in [0.2, 0.25) is 0 Å². The number of carboxylic acids is 1. The van der Waals surface area contributed by atoms with Gasteiger partial charge in [-0.25, -0.2) is 4.68 Å². The normalized spacial score (nSPS) is 12.6. The Hall–Kier alpha value is -2.14. The lowest BCUT2D eigenvalue weighted by Gasteiger charge is -2.21. The van der Waals surface area contributed by atoms with Gasteiger partial charge in [-0.1, -0.05) is 18.2 Å². The van der Waals surface area contributed by atoms with Crippen molar-refractivity contribution in [1.82, 2.24) is 14.7 Å². The minimum absolute atomic E-state index is 0.524. The average molecular weight is 287 g/mol. The van der Waals surface area contributed by atoms with Gasteiger partial charge in [-0.3, -0.25) is 9.69 Å². The fraction of sp³-hybridized carbons (Fsp3) is 0.375. The predicted molar refractivity (Wildman–Crippen MR) is 81.6 cm³/mol. The van der Waals surface area contributed by atoms with Crippen molar-refractivity contribution < 1.29 is 9.90 Å². The van der Waals surface area contributed by atoms with Crippen molar-refractivity contribution in [2.45, 2.75) is 33.4 Å². The molecule has 1 aromatic carbocycles. The minimum atomic E-state index is -0.816. The Morgan fingerprint density at radius 1 is 1.33 bits per heavy atom. The van der Waals surface area contributed by atoms with Crippen molar-refractivity contribution in [2.75, 3.05) is 7.05 Å². The van der Waals surface area contributed by atoms with Gasteiger partial charge in [0.2, 0.25) is 0 Å². The number of benzene rings is 1. The number of rotatable bonds is 5. The quantitative estimate of drug-likeness (QED) is 0.917. The van der Waals surface area contributed by atoms with Crippen LogP contribution in [0.25, 0.3) is 5.69 Å². The molecule has 21 heavy (non-hydrogen) atoms. The van der Waals surface area contributed by atoms with Crippen molar-refractivity contribution in [2.24, 2.45) is 0 Å². The van der Waals surface area contributed by atoms with Crippen molar-refractivity contribution >= 4 is 5.97 Å². The highest BCUT2D eigenvalue weighted by atomic mass is 16.4. The van der Waals surface area contributed by atoms with Gasteiger partial charge in [-0.05, 0) is 40.0 Å². The number of hydrogen-bond donors (Lipinski definition) is 1. The van der Waals surface area contributed by atoms with Gasteiger partial charge >= 0.3 is 5.97 Å². The lowest BCUT2D eigenvalue weighted by molar-refractivity contribution is -0.142. The number of para-hydroxylation sites is 1. The number of carboxylic acid groups (broad SMARTS) is 1. The number of aryl methyl sites for hydroxylation is 1. The zero-order chi connectivity index (χ0) is 15.6. The van der Waals surface area contributed by atoms with Crippen LogP contribution < -0.4 is 0 Å². The van der Waals surface area contributed by atoms with Crippen LogP contribution in [0.3, 0.4) is 0 Å². The zero-order valence-electron chi connectivity index (χ0n) is 12.9. The molecule has 112 valence electrons. The Labute approximate surface area is 124 Å². The molecule has 1 unspecified atom stereocenters. The summed E-state index contributed by atoms with van der Waals surface area (Å²) < 4.78 is 1.91. The first-order valence-electron chi connectivity index (χ1n) is 6.95. The molecule has 5 heteroatoms. The van der Waals surface area contributed by atoms with Crippen molar-refractivity contribution in [3.63, 3.8) is 0 Å². The summed E-state index contributed by atoms with van der Waals surface area (Å²) in [6.07, 6.45) is 0. The Kier molecular flexibility index (Phi) is 4.43. The maximum absolute atomic E-state index is 11.1. The van der Waals surface area contributed by atoms with Crippen LogP contribution in [0.5, 0.6) is 0 Å². The minimum Gasteiger partial charge on any atom is -0.480 e. The van der Waals surface area contributed by atoms with Crippen molar-refractivity contribution in [3.8, 4) is 5.69 Å². The molecule has 0 saturated carbocycles. The second kappa shape index (κ2) is 6.10. The summed E-state index contributed by atoms with van der Waals surface area (Å²) in [6.45, 7) is 6.23. The van der Waals surface area contributed by atoms with E-state index >= 15 is 0 Å². The van der Waals surface area contributed by atoms with E-state index in [1.54, 1.807) is 6.92 Å². The third-order valence-electron chi connectivity index (χ3n) is 3.87. The van der Waals surface area contributed by atoms with Gasteiger partial charge in [0.15, 0.2) is 0 Å². The SMILES string of the molecule is Cc1nn(-c2ccccc2)c(C)c1CN(C)C(C)C(=O)O. The van der Waals surface area contributed by atoms with E-state index in [2.05, 4.69) is 5.10 Å². The molecule has 2 rings (SSSR count). The Morgan fingerprint density at radius 2 is 1.95 bits per heavy atom. The smallest absolute Gasteiger partial charge is 0.320 e. The highest BCUT2D eigenvalue weighted by molar-refractivity contribution is 5.72. The average Bonchev–Trinajstić information content (AvgIpc) is 2.75. The summed E-state index contributed by atoms with van der Waals surface area (Å²) in [6, 6.07) is 9.41. The Balaban J connectivity index is 2.30. The fourth-order valence-corrected chi connectivity index (χ4v) is 2.30. The molecule has 0 radical (unpaired) electrons. The van der Waals surface area contributed by atoms with Gasteiger partial charge in [-0.15, -0.1) is 0 Å². The molecular weight excluding hydrogens is 266 g/mol. The van der Waals surface area contributed by atoms with E-state index in [0.29, 0.717) is 6.54 Å². The standard InChI is InChI=1S/C16H21N3O2/c1-11-15(10-18(4)13(3)16(20)21)12(2)19(17-11)14-8-6-5-7-9-14/h5-9,13H,10H2,1-4H3,(H,20,21). The molecule has 0 saturated heterocycles. The maximum Gasteiger partial charge on any atom is 0.320 e. The van der Waals surface area contributed by atoms with Crippen LogP contribution in [0.1, 0.15) is 23.9 Å². The third-order valence-corrected chi connectivity index (χ3v) is 3.87. The third kappa shape index (κ3) is 3.13. The van der Waals surface area contributed by atoms with Gasteiger partial charge in [0, 0.05) is 17.8 Å². The van der Waals surface area contributed by atoms with Crippen molar-refractivity contribution in [1.29, 1.82) is 0 Å². The molecule has 0 aliphatic rings. The molecular formula is C16H21N3O2. The first kappa shape index (κ1) is 15.3. The molecule has 0 fully saturated rings. The van der Waals surface area contributed by atoms with Crippen LogP contribution in [0.4, 0.5) is 0 Å². The van der Waals surface area contributed by atoms with Crippen molar-refractivity contribution in [3.05, 3.63) is 47.3 Å². The lowest BCUT2D eigenvalue weighted by atomic mass is 10.1. The molecule has 2 aromatic rings. The number of hydrogen-bond acceptors (Lipinski definition) is 3. The first-order valence-corrected chi connectivity index (χ1v) is 6.95. The molecule has 0 aliphatic carbocycles. The van der Waals surface area contributed by atoms with Crippen LogP contribution in [0, 0.1) is 13.8 Å². The first-order chi connectivity index (χ1) is 9.91. The van der Waals surface area contributed by atoms with Crippen LogP contribution >= 0.6 is 0 Å². The molecule has 1 aromatic heterocycles. The van der Waals surface area contributed by atoms with E-state index in [1.165, 1.54) is 0 Å². The van der Waals surface area contributed by atoms with E-state index in [0.717, 1.165) is 22.6 Å². The highest BCUT2D eigenvalue weighted by Crippen LogP contribution is 2.19. The molecule has 0 aliphatic heterocycles. The monoisotopic (exact) mass is 287 g/mol. The summed E-state index contributed by atoms with van der Waals surface area (Å²) in [5, 5.41) is 13.7. The largest absolute Gasteiger partial charge is 0.480 e. The summed E-state index contributed by atoms with van der Waals surface area (Å²) >= 11 is 0. The van der Waals surface area contributed by atoms with Crippen LogP contribution in [-0.4, -0.2) is 38.8 Å². The molecule has 0 spiro atoms. The van der Waals surface area contributed by atoms with E-state index < -0.39 is 12.0 Å². The number of nitrogens with zero attached hydrogens (tertiary/aromatic N) is 3. The Bertz CT molecular complexity index is 634. The predicted octanol–water partition coefficient (Wildman–Crippen LogP) is 2.39. The summed E-state index contributed by atoms with van der Waals surface area (Å²) in [5.41, 5.74) is 4.07. The molecule has 0 amide bonds. The zero-order valence-corrected chi connectivity index (χ0v) is 12.9. The number of likely N-dealkylation sites (N-methyl/N-ethyl adjacent to an activating group) is 1. The van der Waals surface area contributed by atoms with Crippen LogP contribution in [-0.2, 0) is 11.3 Å². The van der Waals surface area contributed by atoms with Gasteiger partial charge in [0.25, 0.3) is 0 Å². The number of aromatic nitrogens is 2. The molecule has 1 N–H and O–H groups in total. The summed E-state index contributed by atoms with van der Waals surface area (Å²) in [5.74, 6) is -0.816. The lowest BCUT2D eigenvalue weighted by Crippen LogP contribution is -2.35. The Morgan fingerprint density at radius 3 is 2.52 bits per heavy atom. The molecule has 0 bridgehead atoms. The fourth-order valence-electron chi connectivity index (χ4n) is 2.30. The number of aliphatic carboxylic acids is 1. The topological polar surface area (TPSA) is 58.4 Å². The maximum atomic E-state index is 11.1. The second-order valence-corrected chi connectivity index (χ2v) is 5.33. The van der Waals surface area contributed by atoms with E-state index in [9.17, 15) is 4.79 Å². The van der Waals surface area contributed by atoms with Gasteiger partial charge in [0.05, 0.1) is 11.4 Å². The molecule has 1 heterocycles. The number of carbonyl (C=O) groups is 1. The summed E-state index contributed by atoms with van der Waals surface area (Å²) in [7, 11) is 1.82. The van der Waals surface area contributed by atoms with E-state index in [4.69, 9.17) is 5.11 Å². The van der Waals surface area contributed by atoms with E-state index in [1.807, 2.05) is 60.8 Å².